The lowest BCUT2D eigenvalue weighted by molar-refractivity contribution is -0.125. The van der Waals surface area contributed by atoms with Gasteiger partial charge in [0.1, 0.15) is 0 Å². The Morgan fingerprint density at radius 1 is 1.19 bits per heavy atom. The van der Waals surface area contributed by atoms with Crippen LogP contribution in [0.1, 0.15) is 17.3 Å². The Hall–Kier alpha value is -1.31. The van der Waals surface area contributed by atoms with Gasteiger partial charge in [-0.15, -0.1) is 0 Å². The van der Waals surface area contributed by atoms with Crippen LogP contribution in [0.25, 0.3) is 0 Å². The molecule has 0 aliphatic heterocycles. The lowest BCUT2D eigenvalue weighted by Gasteiger charge is -2.05. The van der Waals surface area contributed by atoms with Crippen LogP contribution in [0.2, 0.25) is 10.0 Å². The average Bonchev–Trinajstić information content (AvgIpc) is 2.80. The predicted molar refractivity (Wildman–Crippen MR) is 71.3 cm³/mol. The van der Waals surface area contributed by atoms with E-state index in [9.17, 15) is 13.2 Å². The third-order valence-corrected chi connectivity index (χ3v) is 3.20. The molecule has 0 bridgehead atoms. The molecular formula is C12H10Cl2F3N3O. The van der Waals surface area contributed by atoms with E-state index in [4.69, 9.17) is 27.7 Å². The molecule has 1 heterocycles. The quantitative estimate of drug-likeness (QED) is 0.903. The Morgan fingerprint density at radius 2 is 1.95 bits per heavy atom. The van der Waals surface area contributed by atoms with Gasteiger partial charge in [0.15, 0.2) is 5.82 Å². The first-order valence-corrected chi connectivity index (χ1v) is 6.62. The first kappa shape index (κ1) is 16.1. The molecule has 0 aliphatic rings. The van der Waals surface area contributed by atoms with Gasteiger partial charge in [0.25, 0.3) is 0 Å². The van der Waals surface area contributed by atoms with E-state index in [1.807, 2.05) is 0 Å². The van der Waals surface area contributed by atoms with E-state index < -0.39 is 12.7 Å². The van der Waals surface area contributed by atoms with Crippen molar-refractivity contribution in [3.63, 3.8) is 0 Å². The fourth-order valence-electron chi connectivity index (χ4n) is 1.58. The summed E-state index contributed by atoms with van der Waals surface area (Å²) in [7, 11) is 0. The molecule has 0 saturated heterocycles. The Bertz CT molecular complexity index is 616. The maximum Gasteiger partial charge on any atom is 0.401 e. The first-order chi connectivity index (χ1) is 9.83. The molecular weight excluding hydrogens is 330 g/mol. The van der Waals surface area contributed by atoms with E-state index in [2.05, 4.69) is 15.5 Å². The third kappa shape index (κ3) is 5.18. The highest BCUT2D eigenvalue weighted by Crippen LogP contribution is 2.23. The molecule has 0 spiro atoms. The standard InChI is InChI=1S/C12H10Cl2F3N3O/c13-8-2-1-7(3-9(8)14)4-10-19-11(21-20-10)5-18-6-12(15,16)17/h1-3,18H,4-6H2. The smallest absolute Gasteiger partial charge is 0.338 e. The van der Waals surface area contributed by atoms with E-state index in [1.165, 1.54) is 0 Å². The van der Waals surface area contributed by atoms with Gasteiger partial charge in [-0.2, -0.15) is 18.2 Å². The number of halogens is 5. The van der Waals surface area contributed by atoms with Gasteiger partial charge in [0, 0.05) is 6.42 Å². The van der Waals surface area contributed by atoms with Crippen molar-refractivity contribution in [1.29, 1.82) is 0 Å². The SMILES string of the molecule is FC(F)(F)CNCc1nc(Cc2ccc(Cl)c(Cl)c2)no1. The van der Waals surface area contributed by atoms with Gasteiger partial charge in [0.2, 0.25) is 5.89 Å². The normalized spacial score (nSPS) is 11.9. The van der Waals surface area contributed by atoms with Crippen LogP contribution in [0.5, 0.6) is 0 Å². The summed E-state index contributed by atoms with van der Waals surface area (Å²) >= 11 is 11.7. The molecule has 4 nitrogen and oxygen atoms in total. The molecule has 21 heavy (non-hydrogen) atoms. The van der Waals surface area contributed by atoms with Crippen molar-refractivity contribution >= 4 is 23.2 Å². The van der Waals surface area contributed by atoms with Gasteiger partial charge in [-0.3, -0.25) is 0 Å². The molecule has 0 saturated carbocycles. The fourth-order valence-corrected chi connectivity index (χ4v) is 1.90. The van der Waals surface area contributed by atoms with Crippen LogP contribution in [0.15, 0.2) is 22.7 Å². The molecule has 1 aromatic carbocycles. The third-order valence-electron chi connectivity index (χ3n) is 2.46. The van der Waals surface area contributed by atoms with Crippen LogP contribution in [0.3, 0.4) is 0 Å². The predicted octanol–water partition coefficient (Wildman–Crippen LogP) is 3.62. The molecule has 9 heteroatoms. The molecule has 0 radical (unpaired) electrons. The molecule has 1 N–H and O–H groups in total. The zero-order valence-electron chi connectivity index (χ0n) is 10.5. The second-order valence-electron chi connectivity index (χ2n) is 4.25. The van der Waals surface area contributed by atoms with Crippen LogP contribution < -0.4 is 5.32 Å². The lowest BCUT2D eigenvalue weighted by Crippen LogP contribution is -2.28. The van der Waals surface area contributed by atoms with Gasteiger partial charge >= 0.3 is 6.18 Å². The second-order valence-corrected chi connectivity index (χ2v) is 5.06. The number of hydrogen-bond donors (Lipinski definition) is 1. The van der Waals surface area contributed by atoms with E-state index in [1.54, 1.807) is 18.2 Å². The van der Waals surface area contributed by atoms with Crippen molar-refractivity contribution in [2.24, 2.45) is 0 Å². The molecule has 0 unspecified atom stereocenters. The Morgan fingerprint density at radius 3 is 2.62 bits per heavy atom. The van der Waals surface area contributed by atoms with Crippen LogP contribution in [0, 0.1) is 0 Å². The number of alkyl halides is 3. The number of nitrogens with zero attached hydrogens (tertiary/aromatic N) is 2. The van der Waals surface area contributed by atoms with Gasteiger partial charge in [-0.05, 0) is 17.7 Å². The summed E-state index contributed by atoms with van der Waals surface area (Å²) in [5.74, 6) is 0.450. The van der Waals surface area contributed by atoms with E-state index in [0.29, 0.717) is 22.3 Å². The highest BCUT2D eigenvalue weighted by atomic mass is 35.5. The highest BCUT2D eigenvalue weighted by Gasteiger charge is 2.26. The fraction of sp³-hybridized carbons (Fsp3) is 0.333. The van der Waals surface area contributed by atoms with Crippen molar-refractivity contribution in [1.82, 2.24) is 15.5 Å². The van der Waals surface area contributed by atoms with Gasteiger partial charge < -0.3 is 9.84 Å². The Labute approximate surface area is 128 Å². The lowest BCUT2D eigenvalue weighted by atomic mass is 10.1. The van der Waals surface area contributed by atoms with Crippen molar-refractivity contribution in [2.45, 2.75) is 19.1 Å². The van der Waals surface area contributed by atoms with Crippen molar-refractivity contribution in [2.75, 3.05) is 6.54 Å². The second kappa shape index (κ2) is 6.64. The molecule has 0 aliphatic carbocycles. The molecule has 0 amide bonds. The molecule has 2 rings (SSSR count). The Kier molecular flexibility index (Phi) is 5.08. The summed E-state index contributed by atoms with van der Waals surface area (Å²) in [5, 5.41) is 6.71. The number of hydrogen-bond acceptors (Lipinski definition) is 4. The minimum atomic E-state index is -4.27. The highest BCUT2D eigenvalue weighted by molar-refractivity contribution is 6.42. The van der Waals surface area contributed by atoms with Gasteiger partial charge in [-0.1, -0.05) is 34.4 Å². The van der Waals surface area contributed by atoms with Gasteiger partial charge in [-0.25, -0.2) is 0 Å². The first-order valence-electron chi connectivity index (χ1n) is 5.86. The van der Waals surface area contributed by atoms with E-state index in [0.717, 1.165) is 5.56 Å². The average molecular weight is 340 g/mol. The largest absolute Gasteiger partial charge is 0.401 e. The molecule has 114 valence electrons. The summed E-state index contributed by atoms with van der Waals surface area (Å²) in [6.07, 6.45) is -3.93. The molecule has 0 fully saturated rings. The van der Waals surface area contributed by atoms with E-state index >= 15 is 0 Å². The maximum absolute atomic E-state index is 12.0. The van der Waals surface area contributed by atoms with Gasteiger partial charge in [0.05, 0.1) is 23.1 Å². The summed E-state index contributed by atoms with van der Waals surface area (Å²) in [4.78, 5) is 3.99. The number of aromatic nitrogens is 2. The number of rotatable bonds is 5. The minimum Gasteiger partial charge on any atom is -0.338 e. The molecule has 2 aromatic rings. The van der Waals surface area contributed by atoms with E-state index in [-0.39, 0.29) is 12.4 Å². The minimum absolute atomic E-state index is 0.0920. The van der Waals surface area contributed by atoms with Crippen molar-refractivity contribution < 1.29 is 17.7 Å². The van der Waals surface area contributed by atoms with Crippen LogP contribution in [-0.4, -0.2) is 22.9 Å². The summed E-state index contributed by atoms with van der Waals surface area (Å²) in [6, 6.07) is 5.07. The number of benzene rings is 1. The van der Waals surface area contributed by atoms with Crippen LogP contribution in [0.4, 0.5) is 13.2 Å². The zero-order valence-corrected chi connectivity index (χ0v) is 12.1. The molecule has 1 aromatic heterocycles. The zero-order chi connectivity index (χ0) is 15.5. The summed E-state index contributed by atoms with van der Waals surface area (Å²) in [6.45, 7) is -1.26. The van der Waals surface area contributed by atoms with Crippen molar-refractivity contribution in [3.8, 4) is 0 Å². The topological polar surface area (TPSA) is 51.0 Å². The Balaban J connectivity index is 1.92. The van der Waals surface area contributed by atoms with Crippen molar-refractivity contribution in [3.05, 3.63) is 45.5 Å². The maximum atomic E-state index is 12.0. The summed E-state index contributed by atoms with van der Waals surface area (Å²) < 4.78 is 40.8. The number of nitrogens with one attached hydrogen (secondary N) is 1. The van der Waals surface area contributed by atoms with Crippen LogP contribution >= 0.6 is 23.2 Å². The monoisotopic (exact) mass is 339 g/mol. The summed E-state index contributed by atoms with van der Waals surface area (Å²) in [5.41, 5.74) is 0.819. The van der Waals surface area contributed by atoms with Crippen LogP contribution in [-0.2, 0) is 13.0 Å². The molecule has 0 atom stereocenters.